The topological polar surface area (TPSA) is 45.8 Å². The van der Waals surface area contributed by atoms with Gasteiger partial charge in [-0.25, -0.2) is 4.98 Å². The molecule has 1 aromatic heterocycles. The molecule has 3 rings (SSSR count). The fraction of sp³-hybridized carbons (Fsp3) is 0. The lowest BCUT2D eigenvalue weighted by atomic mass is 10.2. The molecule has 2 aromatic carbocycles. The van der Waals surface area contributed by atoms with Gasteiger partial charge in [0, 0.05) is 5.02 Å². The molecule has 3 aromatic rings. The maximum absolute atomic E-state index is 12.0. The Morgan fingerprint density at radius 3 is 2.62 bits per heavy atom. The Hall–Kier alpha value is -2.10. The molecule has 21 heavy (non-hydrogen) atoms. The van der Waals surface area contributed by atoms with Crippen LogP contribution in [0.25, 0.3) is 22.0 Å². The molecule has 1 heterocycles. The van der Waals surface area contributed by atoms with Gasteiger partial charge in [-0.1, -0.05) is 53.5 Å². The standard InChI is InChI=1S/C16H10Cl2N2O/c17-12-7-3-1-5-10(12)9-13(18)15-19-14-8-4-2-6-11(14)16(21)20-15/h1-9H,(H,19,20,21)/b13-9-. The highest BCUT2D eigenvalue weighted by Crippen LogP contribution is 2.24. The van der Waals surface area contributed by atoms with Gasteiger partial charge in [0.15, 0.2) is 5.82 Å². The maximum atomic E-state index is 12.0. The van der Waals surface area contributed by atoms with Crippen LogP contribution in [-0.4, -0.2) is 9.97 Å². The quantitative estimate of drug-likeness (QED) is 0.765. The van der Waals surface area contributed by atoms with Gasteiger partial charge >= 0.3 is 0 Å². The molecule has 0 radical (unpaired) electrons. The minimum atomic E-state index is -0.221. The fourth-order valence-electron chi connectivity index (χ4n) is 2.00. The van der Waals surface area contributed by atoms with E-state index in [0.717, 1.165) is 5.56 Å². The smallest absolute Gasteiger partial charge is 0.259 e. The lowest BCUT2D eigenvalue weighted by Crippen LogP contribution is -2.10. The second kappa shape index (κ2) is 5.72. The van der Waals surface area contributed by atoms with Gasteiger partial charge < -0.3 is 4.98 Å². The van der Waals surface area contributed by atoms with Gasteiger partial charge in [-0.3, -0.25) is 4.79 Å². The predicted octanol–water partition coefficient (Wildman–Crippen LogP) is 4.31. The first-order chi connectivity index (χ1) is 10.1. The van der Waals surface area contributed by atoms with E-state index in [1.807, 2.05) is 24.3 Å². The summed E-state index contributed by atoms with van der Waals surface area (Å²) < 4.78 is 0. The van der Waals surface area contributed by atoms with Crippen molar-refractivity contribution in [1.29, 1.82) is 0 Å². The molecule has 0 saturated carbocycles. The zero-order chi connectivity index (χ0) is 14.8. The molecular weight excluding hydrogens is 307 g/mol. The number of aromatic amines is 1. The molecule has 1 N–H and O–H groups in total. The molecule has 0 fully saturated rings. The molecule has 0 atom stereocenters. The van der Waals surface area contributed by atoms with Crippen molar-refractivity contribution in [3.8, 4) is 0 Å². The van der Waals surface area contributed by atoms with Gasteiger partial charge in [0.25, 0.3) is 5.56 Å². The number of aromatic nitrogens is 2. The maximum Gasteiger partial charge on any atom is 0.259 e. The van der Waals surface area contributed by atoms with Crippen LogP contribution < -0.4 is 5.56 Å². The molecule has 3 nitrogen and oxygen atoms in total. The first-order valence-corrected chi connectivity index (χ1v) is 7.02. The highest BCUT2D eigenvalue weighted by Gasteiger charge is 2.07. The Morgan fingerprint density at radius 2 is 1.81 bits per heavy atom. The second-order valence-electron chi connectivity index (χ2n) is 4.45. The monoisotopic (exact) mass is 316 g/mol. The number of nitrogens with one attached hydrogen (secondary N) is 1. The lowest BCUT2D eigenvalue weighted by molar-refractivity contribution is 1.14. The van der Waals surface area contributed by atoms with Crippen LogP contribution in [0.4, 0.5) is 0 Å². The van der Waals surface area contributed by atoms with E-state index in [1.54, 1.807) is 30.3 Å². The van der Waals surface area contributed by atoms with Crippen LogP contribution in [0.5, 0.6) is 0 Å². The Balaban J connectivity index is 2.12. The number of hydrogen-bond donors (Lipinski definition) is 1. The van der Waals surface area contributed by atoms with Gasteiger partial charge in [0.2, 0.25) is 0 Å². The van der Waals surface area contributed by atoms with E-state index in [4.69, 9.17) is 23.2 Å². The predicted molar refractivity (Wildman–Crippen MR) is 87.5 cm³/mol. The number of hydrogen-bond acceptors (Lipinski definition) is 2. The minimum Gasteiger partial charge on any atom is -0.305 e. The third-order valence-electron chi connectivity index (χ3n) is 3.03. The normalized spacial score (nSPS) is 11.8. The molecule has 0 bridgehead atoms. The molecule has 0 aliphatic rings. The van der Waals surface area contributed by atoms with Crippen LogP contribution >= 0.6 is 23.2 Å². The first-order valence-electron chi connectivity index (χ1n) is 6.26. The van der Waals surface area contributed by atoms with Gasteiger partial charge in [0.05, 0.1) is 15.9 Å². The molecule has 0 saturated heterocycles. The number of para-hydroxylation sites is 1. The van der Waals surface area contributed by atoms with Crippen molar-refractivity contribution in [2.75, 3.05) is 0 Å². The van der Waals surface area contributed by atoms with E-state index >= 15 is 0 Å². The minimum absolute atomic E-state index is 0.221. The van der Waals surface area contributed by atoms with E-state index < -0.39 is 0 Å². The van der Waals surface area contributed by atoms with Gasteiger partial charge in [-0.2, -0.15) is 0 Å². The summed E-state index contributed by atoms with van der Waals surface area (Å²) in [5.41, 5.74) is 1.14. The van der Waals surface area contributed by atoms with Crippen LogP contribution in [0.3, 0.4) is 0 Å². The van der Waals surface area contributed by atoms with E-state index in [0.29, 0.717) is 26.8 Å². The van der Waals surface area contributed by atoms with Crippen LogP contribution in [0.1, 0.15) is 11.4 Å². The van der Waals surface area contributed by atoms with Crippen LogP contribution in [-0.2, 0) is 0 Å². The highest BCUT2D eigenvalue weighted by atomic mass is 35.5. The number of benzene rings is 2. The Bertz CT molecular complexity index is 900. The molecule has 0 spiro atoms. The zero-order valence-corrected chi connectivity index (χ0v) is 12.3. The van der Waals surface area contributed by atoms with E-state index in [2.05, 4.69) is 9.97 Å². The summed E-state index contributed by atoms with van der Waals surface area (Å²) in [6, 6.07) is 14.4. The van der Waals surface area contributed by atoms with Gasteiger partial charge in [-0.15, -0.1) is 0 Å². The van der Waals surface area contributed by atoms with Crippen molar-refractivity contribution in [3.63, 3.8) is 0 Å². The summed E-state index contributed by atoms with van der Waals surface area (Å²) >= 11 is 12.3. The van der Waals surface area contributed by atoms with Crippen molar-refractivity contribution in [1.82, 2.24) is 9.97 Å². The number of fused-ring (bicyclic) bond motifs is 1. The van der Waals surface area contributed by atoms with Crippen LogP contribution in [0.15, 0.2) is 53.3 Å². The van der Waals surface area contributed by atoms with E-state index in [9.17, 15) is 4.79 Å². The Labute approximate surface area is 130 Å². The second-order valence-corrected chi connectivity index (χ2v) is 5.26. The number of nitrogens with zero attached hydrogens (tertiary/aromatic N) is 1. The summed E-state index contributed by atoms with van der Waals surface area (Å²) in [5, 5.41) is 1.44. The number of H-pyrrole nitrogens is 1. The largest absolute Gasteiger partial charge is 0.305 e. The fourth-order valence-corrected chi connectivity index (χ4v) is 2.39. The molecular formula is C16H10Cl2N2O. The molecule has 104 valence electrons. The lowest BCUT2D eigenvalue weighted by Gasteiger charge is -2.03. The Morgan fingerprint density at radius 1 is 1.10 bits per heavy atom. The molecule has 0 amide bonds. The SMILES string of the molecule is O=c1[nH]c(/C(Cl)=C/c2ccccc2Cl)nc2ccccc12. The zero-order valence-electron chi connectivity index (χ0n) is 10.8. The summed E-state index contributed by atoms with van der Waals surface area (Å²) in [7, 11) is 0. The summed E-state index contributed by atoms with van der Waals surface area (Å²) in [6.07, 6.45) is 1.68. The first kappa shape index (κ1) is 13.9. The van der Waals surface area contributed by atoms with Crippen molar-refractivity contribution in [2.45, 2.75) is 0 Å². The molecule has 0 aliphatic heterocycles. The molecule has 0 unspecified atom stereocenters. The summed E-state index contributed by atoms with van der Waals surface area (Å²) in [5.74, 6) is 0.320. The van der Waals surface area contributed by atoms with Crippen molar-refractivity contribution >= 4 is 45.2 Å². The van der Waals surface area contributed by atoms with E-state index in [-0.39, 0.29) is 5.56 Å². The molecule has 0 aliphatic carbocycles. The van der Waals surface area contributed by atoms with Crippen LogP contribution in [0, 0.1) is 0 Å². The van der Waals surface area contributed by atoms with E-state index in [1.165, 1.54) is 0 Å². The van der Waals surface area contributed by atoms with Crippen molar-refractivity contribution in [3.05, 3.63) is 75.3 Å². The summed E-state index contributed by atoms with van der Waals surface area (Å²) in [6.45, 7) is 0. The summed E-state index contributed by atoms with van der Waals surface area (Å²) in [4.78, 5) is 19.1. The third-order valence-corrected chi connectivity index (χ3v) is 3.66. The Kier molecular flexibility index (Phi) is 3.78. The average Bonchev–Trinajstić information content (AvgIpc) is 2.49. The van der Waals surface area contributed by atoms with Crippen LogP contribution in [0.2, 0.25) is 5.02 Å². The third kappa shape index (κ3) is 2.84. The average molecular weight is 317 g/mol. The number of halogens is 2. The molecule has 5 heteroatoms. The van der Waals surface area contributed by atoms with Gasteiger partial charge in [0.1, 0.15) is 0 Å². The highest BCUT2D eigenvalue weighted by molar-refractivity contribution is 6.51. The van der Waals surface area contributed by atoms with Gasteiger partial charge in [-0.05, 0) is 29.8 Å². The van der Waals surface area contributed by atoms with Crippen molar-refractivity contribution in [2.24, 2.45) is 0 Å². The van der Waals surface area contributed by atoms with Crippen molar-refractivity contribution < 1.29 is 0 Å². The number of rotatable bonds is 2.